The van der Waals surface area contributed by atoms with Crippen molar-refractivity contribution in [3.05, 3.63) is 23.8 Å². The van der Waals surface area contributed by atoms with Gasteiger partial charge in [-0.1, -0.05) is 12.1 Å². The summed E-state index contributed by atoms with van der Waals surface area (Å²) in [6.45, 7) is -0.0760. The highest BCUT2D eigenvalue weighted by Crippen LogP contribution is 2.45. The molecule has 1 unspecified atom stereocenters. The monoisotopic (exact) mass is 311 g/mol. The van der Waals surface area contributed by atoms with Crippen molar-refractivity contribution in [2.24, 2.45) is 0 Å². The number of ether oxygens (including phenoxy) is 3. The minimum absolute atomic E-state index is 0.0760. The van der Waals surface area contributed by atoms with Gasteiger partial charge in [-0.3, -0.25) is 9.59 Å². The van der Waals surface area contributed by atoms with Crippen LogP contribution in [0, 0.1) is 0 Å². The van der Waals surface area contributed by atoms with Gasteiger partial charge in [-0.2, -0.15) is 0 Å². The second kappa shape index (κ2) is 6.71. The number of thioether (sulfide) groups is 1. The summed E-state index contributed by atoms with van der Waals surface area (Å²) in [5.41, 5.74) is 0.802. The van der Waals surface area contributed by atoms with Crippen LogP contribution in [0.15, 0.2) is 18.2 Å². The van der Waals surface area contributed by atoms with Gasteiger partial charge in [-0.05, 0) is 6.07 Å². The van der Waals surface area contributed by atoms with Crippen LogP contribution in [-0.2, 0) is 14.3 Å². The number of esters is 1. The van der Waals surface area contributed by atoms with Crippen LogP contribution in [0.25, 0.3) is 0 Å². The van der Waals surface area contributed by atoms with Gasteiger partial charge in [-0.15, -0.1) is 11.8 Å². The second-order valence-electron chi connectivity index (χ2n) is 4.34. The maximum atomic E-state index is 12.0. The fourth-order valence-electron chi connectivity index (χ4n) is 2.19. The number of hydrogen-bond donors (Lipinski definition) is 0. The molecule has 1 heterocycles. The average Bonchev–Trinajstić information content (AvgIpc) is 2.87. The molecule has 6 nitrogen and oxygen atoms in total. The van der Waals surface area contributed by atoms with Crippen LogP contribution in [0.4, 0.5) is 0 Å². The molecule has 1 amide bonds. The van der Waals surface area contributed by atoms with E-state index in [-0.39, 0.29) is 17.8 Å². The van der Waals surface area contributed by atoms with Crippen molar-refractivity contribution < 1.29 is 23.8 Å². The number of nitrogens with zero attached hydrogens (tertiary/aromatic N) is 1. The quantitative estimate of drug-likeness (QED) is 0.767. The van der Waals surface area contributed by atoms with E-state index in [0.717, 1.165) is 5.56 Å². The van der Waals surface area contributed by atoms with Crippen molar-refractivity contribution in [1.82, 2.24) is 4.90 Å². The molecule has 0 saturated carbocycles. The Hall–Kier alpha value is -1.89. The van der Waals surface area contributed by atoms with E-state index in [1.54, 1.807) is 20.3 Å². The number of amides is 1. The van der Waals surface area contributed by atoms with Crippen LogP contribution in [0.5, 0.6) is 11.5 Å². The molecule has 1 fully saturated rings. The summed E-state index contributed by atoms with van der Waals surface area (Å²) < 4.78 is 15.3. The lowest BCUT2D eigenvalue weighted by molar-refractivity contribution is -0.146. The van der Waals surface area contributed by atoms with Gasteiger partial charge in [0.2, 0.25) is 5.91 Å². The Bertz CT molecular complexity index is 548. The van der Waals surface area contributed by atoms with Crippen LogP contribution in [-0.4, -0.2) is 50.4 Å². The van der Waals surface area contributed by atoms with E-state index in [1.165, 1.54) is 23.8 Å². The number of hydrogen-bond acceptors (Lipinski definition) is 6. The molecule has 0 spiro atoms. The Labute approximate surface area is 127 Å². The highest BCUT2D eigenvalue weighted by Gasteiger charge is 2.36. The first-order valence-corrected chi connectivity index (χ1v) is 7.36. The third-order valence-corrected chi connectivity index (χ3v) is 4.43. The van der Waals surface area contributed by atoms with Crippen molar-refractivity contribution in [2.75, 3.05) is 33.6 Å². The molecule has 1 aromatic carbocycles. The summed E-state index contributed by atoms with van der Waals surface area (Å²) in [7, 11) is 4.41. The summed E-state index contributed by atoms with van der Waals surface area (Å²) in [5, 5.41) is -0.290. The minimum Gasteiger partial charge on any atom is -0.493 e. The molecule has 1 aromatic rings. The van der Waals surface area contributed by atoms with Gasteiger partial charge in [0.1, 0.15) is 11.9 Å². The fourth-order valence-corrected chi connectivity index (χ4v) is 3.40. The van der Waals surface area contributed by atoms with Crippen LogP contribution in [0.3, 0.4) is 0 Å². The number of benzene rings is 1. The van der Waals surface area contributed by atoms with Crippen molar-refractivity contribution >= 4 is 23.6 Å². The predicted molar refractivity (Wildman–Crippen MR) is 78.5 cm³/mol. The predicted octanol–water partition coefficient (Wildman–Crippen LogP) is 1.45. The summed E-state index contributed by atoms with van der Waals surface area (Å²) in [6, 6.07) is 5.48. The molecular weight excluding hydrogens is 294 g/mol. The highest BCUT2D eigenvalue weighted by molar-refractivity contribution is 8.00. The zero-order valence-corrected chi connectivity index (χ0v) is 12.9. The van der Waals surface area contributed by atoms with Crippen molar-refractivity contribution in [1.29, 1.82) is 0 Å². The third-order valence-electron chi connectivity index (χ3n) is 3.19. The van der Waals surface area contributed by atoms with E-state index in [4.69, 9.17) is 9.47 Å². The van der Waals surface area contributed by atoms with Crippen LogP contribution in [0.2, 0.25) is 0 Å². The van der Waals surface area contributed by atoms with Gasteiger partial charge in [0.25, 0.3) is 0 Å². The Morgan fingerprint density at radius 1 is 1.33 bits per heavy atom. The maximum absolute atomic E-state index is 12.0. The number of para-hydroxylation sites is 1. The lowest BCUT2D eigenvalue weighted by Gasteiger charge is -2.25. The molecular formula is C14H17NO5S. The second-order valence-corrected chi connectivity index (χ2v) is 5.41. The van der Waals surface area contributed by atoms with Gasteiger partial charge < -0.3 is 19.1 Å². The first kappa shape index (κ1) is 15.5. The number of methoxy groups -OCH3 is 3. The highest BCUT2D eigenvalue weighted by atomic mass is 32.2. The number of carbonyl (C=O) groups excluding carboxylic acids is 2. The lowest BCUT2D eigenvalue weighted by Crippen LogP contribution is -2.34. The normalized spacial score (nSPS) is 17.8. The minimum atomic E-state index is -0.447. The Kier molecular flexibility index (Phi) is 4.95. The standard InChI is InChI=1S/C14H17NO5S/c1-18-10-6-4-5-9(13(10)20-3)14-15(7-12(17)19-2)11(16)8-21-14/h4-6,14H,7-8H2,1-3H3. The van der Waals surface area contributed by atoms with Gasteiger partial charge in [0, 0.05) is 5.56 Å². The Morgan fingerprint density at radius 3 is 2.71 bits per heavy atom. The van der Waals surface area contributed by atoms with Gasteiger partial charge in [-0.25, -0.2) is 0 Å². The fraction of sp³-hybridized carbons (Fsp3) is 0.429. The molecule has 0 N–H and O–H groups in total. The van der Waals surface area contributed by atoms with Crippen molar-refractivity contribution in [3.8, 4) is 11.5 Å². The van der Waals surface area contributed by atoms with Crippen LogP contribution < -0.4 is 9.47 Å². The first-order chi connectivity index (χ1) is 10.1. The molecule has 0 aromatic heterocycles. The molecule has 0 aliphatic carbocycles. The molecule has 1 aliphatic heterocycles. The van der Waals surface area contributed by atoms with Crippen LogP contribution in [0.1, 0.15) is 10.9 Å². The van der Waals surface area contributed by atoms with Crippen LogP contribution >= 0.6 is 11.8 Å². The van der Waals surface area contributed by atoms with E-state index >= 15 is 0 Å². The largest absolute Gasteiger partial charge is 0.493 e. The third kappa shape index (κ3) is 3.07. The van der Waals surface area contributed by atoms with E-state index in [9.17, 15) is 9.59 Å². The van der Waals surface area contributed by atoms with Crippen molar-refractivity contribution in [3.63, 3.8) is 0 Å². The lowest BCUT2D eigenvalue weighted by atomic mass is 10.1. The molecule has 0 radical (unpaired) electrons. The molecule has 1 saturated heterocycles. The Balaban J connectivity index is 2.35. The molecule has 2 rings (SSSR count). The van der Waals surface area contributed by atoms with E-state index in [0.29, 0.717) is 17.3 Å². The SMILES string of the molecule is COC(=O)CN1C(=O)CSC1c1cccc(OC)c1OC. The topological polar surface area (TPSA) is 65.1 Å². The summed E-state index contributed by atoms with van der Waals surface area (Å²) >= 11 is 1.45. The smallest absolute Gasteiger partial charge is 0.325 e. The zero-order chi connectivity index (χ0) is 15.4. The van der Waals surface area contributed by atoms with E-state index in [2.05, 4.69) is 4.74 Å². The molecule has 1 aliphatic rings. The van der Waals surface area contributed by atoms with E-state index in [1.807, 2.05) is 12.1 Å². The number of rotatable bonds is 5. The number of carbonyl (C=O) groups is 2. The molecule has 0 bridgehead atoms. The van der Waals surface area contributed by atoms with Gasteiger partial charge in [0.15, 0.2) is 11.5 Å². The van der Waals surface area contributed by atoms with E-state index < -0.39 is 5.97 Å². The molecule has 1 atom stereocenters. The first-order valence-electron chi connectivity index (χ1n) is 6.31. The molecule has 21 heavy (non-hydrogen) atoms. The summed E-state index contributed by atoms with van der Waals surface area (Å²) in [4.78, 5) is 25.0. The summed E-state index contributed by atoms with van der Waals surface area (Å²) in [5.74, 6) is 0.940. The van der Waals surface area contributed by atoms with Gasteiger partial charge in [0.05, 0.1) is 27.1 Å². The van der Waals surface area contributed by atoms with Crippen molar-refractivity contribution in [2.45, 2.75) is 5.37 Å². The average molecular weight is 311 g/mol. The molecule has 114 valence electrons. The van der Waals surface area contributed by atoms with Gasteiger partial charge >= 0.3 is 5.97 Å². The molecule has 7 heteroatoms. The Morgan fingerprint density at radius 2 is 2.10 bits per heavy atom. The zero-order valence-electron chi connectivity index (χ0n) is 12.1. The summed E-state index contributed by atoms with van der Waals surface area (Å²) in [6.07, 6.45) is 0. The maximum Gasteiger partial charge on any atom is 0.325 e.